The molecule has 0 spiro atoms. The second kappa shape index (κ2) is 6.39. The summed E-state index contributed by atoms with van der Waals surface area (Å²) in [6.07, 6.45) is 8.98. The van der Waals surface area contributed by atoms with Gasteiger partial charge in [-0.15, -0.1) is 0 Å². The van der Waals surface area contributed by atoms with Crippen LogP contribution < -0.4 is 5.69 Å². The van der Waals surface area contributed by atoms with Gasteiger partial charge in [0.05, 0.1) is 11.1 Å². The van der Waals surface area contributed by atoms with E-state index in [1.807, 2.05) is 0 Å². The van der Waals surface area contributed by atoms with Crippen LogP contribution in [-0.4, -0.2) is 20.2 Å². The molecule has 2 rings (SSSR count). The summed E-state index contributed by atoms with van der Waals surface area (Å²) in [6.45, 7) is 0.462. The van der Waals surface area contributed by atoms with Gasteiger partial charge in [-0.1, -0.05) is 25.7 Å². The molecular weight excluding hydrogens is 278 g/mol. The summed E-state index contributed by atoms with van der Waals surface area (Å²) in [5, 5.41) is 10.8. The fourth-order valence-electron chi connectivity index (χ4n) is 2.86. The van der Waals surface area contributed by atoms with Gasteiger partial charge in [0, 0.05) is 6.54 Å². The van der Waals surface area contributed by atoms with Gasteiger partial charge in [-0.3, -0.25) is 14.7 Å². The van der Waals surface area contributed by atoms with Crippen molar-refractivity contribution >= 4 is 18.3 Å². The Bertz CT molecular complexity index is 536. The Morgan fingerprint density at radius 2 is 2.00 bits per heavy atom. The number of nitrogens with zero attached hydrogens (tertiary/aromatic N) is 3. The maximum absolute atomic E-state index is 11.8. The van der Waals surface area contributed by atoms with E-state index < -0.39 is 10.6 Å². The van der Waals surface area contributed by atoms with Crippen molar-refractivity contribution < 1.29 is 4.92 Å². The van der Waals surface area contributed by atoms with Crippen LogP contribution in [0.4, 0.5) is 5.69 Å². The van der Waals surface area contributed by atoms with E-state index >= 15 is 0 Å². The molecule has 20 heavy (non-hydrogen) atoms. The van der Waals surface area contributed by atoms with Gasteiger partial charge >= 0.3 is 11.4 Å². The molecule has 6 nitrogen and oxygen atoms in total. The molecule has 0 amide bonds. The molecule has 0 bridgehead atoms. The van der Waals surface area contributed by atoms with Crippen molar-refractivity contribution in [2.45, 2.75) is 45.1 Å². The minimum atomic E-state index is -0.524. The summed E-state index contributed by atoms with van der Waals surface area (Å²) in [6, 6.07) is 0. The summed E-state index contributed by atoms with van der Waals surface area (Å²) in [5.41, 5.74) is -0.631. The molecule has 1 aliphatic carbocycles. The van der Waals surface area contributed by atoms with Gasteiger partial charge in [0.1, 0.15) is 6.20 Å². The van der Waals surface area contributed by atoms with Gasteiger partial charge in [0.15, 0.2) is 0 Å². The lowest BCUT2D eigenvalue weighted by Crippen LogP contribution is -2.34. The Balaban J connectivity index is 2.28. The van der Waals surface area contributed by atoms with Crippen molar-refractivity contribution in [2.24, 2.45) is 5.41 Å². The first kappa shape index (κ1) is 15.0. The molecule has 0 unspecified atom stereocenters. The monoisotopic (exact) mass is 297 g/mol. The lowest BCUT2D eigenvalue weighted by Gasteiger charge is -2.31. The van der Waals surface area contributed by atoms with E-state index in [0.717, 1.165) is 31.9 Å². The molecule has 110 valence electrons. The zero-order chi connectivity index (χ0) is 14.6. The molecule has 1 saturated carbocycles. The van der Waals surface area contributed by atoms with Crippen LogP contribution in [-0.2, 0) is 6.54 Å². The molecular formula is C13H19N3O3S. The largest absolute Gasteiger partial charge is 0.347 e. The molecule has 0 N–H and O–H groups in total. The van der Waals surface area contributed by atoms with Gasteiger partial charge in [-0.25, -0.2) is 4.79 Å². The molecule has 1 aliphatic rings. The molecule has 0 saturated heterocycles. The van der Waals surface area contributed by atoms with Crippen LogP contribution in [0.2, 0.25) is 0 Å². The van der Waals surface area contributed by atoms with E-state index in [1.54, 1.807) is 0 Å². The van der Waals surface area contributed by atoms with E-state index in [-0.39, 0.29) is 11.1 Å². The normalized spacial score (nSPS) is 18.4. The Morgan fingerprint density at radius 1 is 1.35 bits per heavy atom. The average molecular weight is 297 g/mol. The topological polar surface area (TPSA) is 78.0 Å². The molecule has 0 atom stereocenters. The number of thiol groups is 1. The molecule has 0 radical (unpaired) electrons. The van der Waals surface area contributed by atoms with Crippen molar-refractivity contribution in [3.8, 4) is 0 Å². The highest BCUT2D eigenvalue weighted by Crippen LogP contribution is 2.37. The minimum Gasteiger partial charge on any atom is -0.292 e. The third-order valence-electron chi connectivity index (χ3n) is 4.06. The number of rotatable bonds is 4. The first-order chi connectivity index (χ1) is 9.56. The number of aromatic nitrogens is 2. The first-order valence-corrected chi connectivity index (χ1v) is 7.51. The van der Waals surface area contributed by atoms with Crippen molar-refractivity contribution in [2.75, 3.05) is 5.75 Å². The molecule has 7 heteroatoms. The summed E-state index contributed by atoms with van der Waals surface area (Å²) < 4.78 is 1.37. The summed E-state index contributed by atoms with van der Waals surface area (Å²) in [7, 11) is 0. The molecule has 0 aromatic carbocycles. The van der Waals surface area contributed by atoms with Gasteiger partial charge in [0.2, 0.25) is 0 Å². The third kappa shape index (κ3) is 3.39. The van der Waals surface area contributed by atoms with Gasteiger partial charge in [-0.05, 0) is 24.0 Å². The second-order valence-electron chi connectivity index (χ2n) is 5.55. The van der Waals surface area contributed by atoms with E-state index in [2.05, 4.69) is 17.6 Å². The molecule has 1 aromatic rings. The average Bonchev–Trinajstić information content (AvgIpc) is 2.67. The Kier molecular flexibility index (Phi) is 4.80. The van der Waals surface area contributed by atoms with E-state index in [4.69, 9.17) is 0 Å². The zero-order valence-corrected chi connectivity index (χ0v) is 12.2. The van der Waals surface area contributed by atoms with Crippen LogP contribution in [0.25, 0.3) is 0 Å². The maximum Gasteiger partial charge on any atom is 0.347 e. The minimum absolute atomic E-state index is 0.0552. The number of hydrogen-bond donors (Lipinski definition) is 1. The Hall–Kier alpha value is -1.37. The number of hydrogen-bond acceptors (Lipinski definition) is 5. The smallest absolute Gasteiger partial charge is 0.292 e. The van der Waals surface area contributed by atoms with Gasteiger partial charge in [0.25, 0.3) is 0 Å². The third-order valence-corrected chi connectivity index (χ3v) is 4.73. The van der Waals surface area contributed by atoms with Crippen LogP contribution in [0, 0.1) is 15.5 Å². The lowest BCUT2D eigenvalue weighted by molar-refractivity contribution is -0.385. The highest BCUT2D eigenvalue weighted by atomic mass is 32.1. The predicted octanol–water partition coefficient (Wildman–Crippen LogP) is 2.42. The highest BCUT2D eigenvalue weighted by molar-refractivity contribution is 7.80. The molecule has 1 fully saturated rings. The van der Waals surface area contributed by atoms with Crippen molar-refractivity contribution in [1.82, 2.24) is 9.55 Å². The second-order valence-corrected chi connectivity index (χ2v) is 5.87. The van der Waals surface area contributed by atoms with E-state index in [1.165, 1.54) is 23.6 Å². The predicted molar refractivity (Wildman–Crippen MR) is 79.1 cm³/mol. The van der Waals surface area contributed by atoms with Crippen molar-refractivity contribution in [1.29, 1.82) is 0 Å². The van der Waals surface area contributed by atoms with Crippen molar-refractivity contribution in [3.63, 3.8) is 0 Å². The summed E-state index contributed by atoms with van der Waals surface area (Å²) in [5.74, 6) is 0.683. The fourth-order valence-corrected chi connectivity index (χ4v) is 3.27. The van der Waals surface area contributed by atoms with Crippen LogP contribution in [0.1, 0.15) is 38.5 Å². The van der Waals surface area contributed by atoms with E-state index in [9.17, 15) is 14.9 Å². The zero-order valence-electron chi connectivity index (χ0n) is 11.3. The maximum atomic E-state index is 11.8. The van der Waals surface area contributed by atoms with Gasteiger partial charge in [-0.2, -0.15) is 17.6 Å². The Morgan fingerprint density at radius 3 is 2.55 bits per heavy atom. The fraction of sp³-hybridized carbons (Fsp3) is 0.692. The van der Waals surface area contributed by atoms with Gasteiger partial charge < -0.3 is 0 Å². The molecule has 1 aromatic heterocycles. The number of nitro groups is 1. The van der Waals surface area contributed by atoms with Crippen LogP contribution in [0.5, 0.6) is 0 Å². The molecule has 1 heterocycles. The first-order valence-electron chi connectivity index (χ1n) is 6.88. The Labute approximate surface area is 122 Å². The summed E-state index contributed by atoms with van der Waals surface area (Å²) in [4.78, 5) is 25.7. The van der Waals surface area contributed by atoms with Crippen LogP contribution in [0.15, 0.2) is 17.2 Å². The summed E-state index contributed by atoms with van der Waals surface area (Å²) >= 11 is 4.46. The molecule has 0 aliphatic heterocycles. The van der Waals surface area contributed by atoms with Crippen molar-refractivity contribution in [3.05, 3.63) is 33.0 Å². The quantitative estimate of drug-likeness (QED) is 0.401. The van der Waals surface area contributed by atoms with Crippen LogP contribution >= 0.6 is 12.6 Å². The lowest BCUT2D eigenvalue weighted by atomic mass is 9.82. The SMILES string of the molecule is O=c1ncc([N+](=O)[O-])cn1CC1(CS)CCCCCC1. The highest BCUT2D eigenvalue weighted by Gasteiger charge is 2.30. The standard InChI is InChI=1S/C13H19N3O3S/c17-12-14-7-11(16(18)19)8-15(12)9-13(10-20)5-3-1-2-4-6-13/h7-8,20H,1-6,9-10H2. The van der Waals surface area contributed by atoms with E-state index in [0.29, 0.717) is 12.3 Å². The van der Waals surface area contributed by atoms with Crippen LogP contribution in [0.3, 0.4) is 0 Å².